The fourth-order valence-corrected chi connectivity index (χ4v) is 5.52. The minimum atomic E-state index is -4.43. The van der Waals surface area contributed by atoms with Crippen LogP contribution in [0.25, 0.3) is 21.5 Å². The fraction of sp³-hybridized carbons (Fsp3) is 0.364. The Morgan fingerprint density at radius 2 is 1.76 bits per heavy atom. The number of fused-ring (bicyclic) bond motifs is 3. The number of hydrogen-bond acceptors (Lipinski definition) is 2. The third kappa shape index (κ3) is 4.33. The van der Waals surface area contributed by atoms with Gasteiger partial charge in [0.15, 0.2) is 0 Å². The van der Waals surface area contributed by atoms with Crippen molar-refractivity contribution in [1.29, 1.82) is 0 Å². The lowest BCUT2D eigenvalue weighted by molar-refractivity contribution is -0.137. The van der Waals surface area contributed by atoms with E-state index in [2.05, 4.69) is 37.2 Å². The molecular formula is C22H20Br2F3NO. The van der Waals surface area contributed by atoms with Gasteiger partial charge in [-0.15, -0.1) is 0 Å². The van der Waals surface area contributed by atoms with Crippen molar-refractivity contribution >= 4 is 53.4 Å². The van der Waals surface area contributed by atoms with Gasteiger partial charge in [0.1, 0.15) is 0 Å². The molecule has 1 saturated heterocycles. The van der Waals surface area contributed by atoms with Crippen molar-refractivity contribution in [2.24, 2.45) is 0 Å². The van der Waals surface area contributed by atoms with Gasteiger partial charge in [-0.3, -0.25) is 0 Å². The summed E-state index contributed by atoms with van der Waals surface area (Å²) in [6.07, 6.45) is -1.40. The quantitative estimate of drug-likeness (QED) is 0.354. The molecule has 0 aromatic heterocycles. The molecular weight excluding hydrogens is 511 g/mol. The topological polar surface area (TPSA) is 32.3 Å². The van der Waals surface area contributed by atoms with Crippen LogP contribution in [0.2, 0.25) is 0 Å². The first kappa shape index (κ1) is 21.1. The van der Waals surface area contributed by atoms with Crippen LogP contribution >= 0.6 is 31.9 Å². The van der Waals surface area contributed by atoms with E-state index < -0.39 is 17.8 Å². The Hall–Kier alpha value is -1.15. The van der Waals surface area contributed by atoms with Crippen LogP contribution < -0.4 is 5.32 Å². The molecule has 2 unspecified atom stereocenters. The molecule has 0 radical (unpaired) electrons. The van der Waals surface area contributed by atoms with E-state index in [4.69, 9.17) is 0 Å². The Morgan fingerprint density at radius 3 is 2.45 bits per heavy atom. The minimum Gasteiger partial charge on any atom is -0.388 e. The number of nitrogens with one attached hydrogen (secondary N) is 1. The largest absolute Gasteiger partial charge is 0.416 e. The third-order valence-electron chi connectivity index (χ3n) is 5.62. The molecule has 1 heterocycles. The van der Waals surface area contributed by atoms with E-state index in [9.17, 15) is 18.3 Å². The Kier molecular flexibility index (Phi) is 5.95. The smallest absolute Gasteiger partial charge is 0.388 e. The van der Waals surface area contributed by atoms with Gasteiger partial charge < -0.3 is 10.4 Å². The molecule has 7 heteroatoms. The highest BCUT2D eigenvalue weighted by atomic mass is 79.9. The van der Waals surface area contributed by atoms with Crippen LogP contribution in [-0.4, -0.2) is 17.7 Å². The van der Waals surface area contributed by atoms with Crippen molar-refractivity contribution in [1.82, 2.24) is 5.32 Å². The fourth-order valence-electron chi connectivity index (χ4n) is 4.18. The maximum atomic E-state index is 13.4. The lowest BCUT2D eigenvalue weighted by Gasteiger charge is -2.26. The van der Waals surface area contributed by atoms with E-state index in [0.29, 0.717) is 28.1 Å². The molecule has 0 bridgehead atoms. The molecule has 0 aliphatic carbocycles. The van der Waals surface area contributed by atoms with Crippen molar-refractivity contribution in [3.8, 4) is 0 Å². The van der Waals surface area contributed by atoms with Gasteiger partial charge in [0, 0.05) is 15.0 Å². The van der Waals surface area contributed by atoms with Gasteiger partial charge in [0.2, 0.25) is 0 Å². The molecule has 1 aliphatic heterocycles. The highest BCUT2D eigenvalue weighted by Crippen LogP contribution is 2.41. The molecule has 3 aromatic carbocycles. The van der Waals surface area contributed by atoms with Gasteiger partial charge in [0.25, 0.3) is 0 Å². The molecule has 4 rings (SSSR count). The lowest BCUT2D eigenvalue weighted by atomic mass is 9.90. The van der Waals surface area contributed by atoms with Crippen molar-refractivity contribution in [3.05, 3.63) is 56.5 Å². The van der Waals surface area contributed by atoms with Gasteiger partial charge >= 0.3 is 6.18 Å². The van der Waals surface area contributed by atoms with Crippen LogP contribution in [0.5, 0.6) is 0 Å². The molecule has 2 nitrogen and oxygen atoms in total. The number of piperidine rings is 1. The van der Waals surface area contributed by atoms with Crippen LogP contribution in [0.1, 0.15) is 42.9 Å². The number of hydrogen-bond donors (Lipinski definition) is 2. The number of aliphatic hydroxyl groups excluding tert-OH is 1. The van der Waals surface area contributed by atoms with Gasteiger partial charge in [-0.1, -0.05) is 44.3 Å². The summed E-state index contributed by atoms with van der Waals surface area (Å²) >= 11 is 6.96. The number of rotatable bonds is 3. The highest BCUT2D eigenvalue weighted by molar-refractivity contribution is 9.11. The average molecular weight is 531 g/mol. The van der Waals surface area contributed by atoms with Gasteiger partial charge in [-0.2, -0.15) is 13.2 Å². The molecule has 154 valence electrons. The molecule has 3 aromatic rings. The Balaban J connectivity index is 1.91. The van der Waals surface area contributed by atoms with E-state index in [1.165, 1.54) is 12.1 Å². The normalized spacial score (nSPS) is 19.0. The Bertz CT molecular complexity index is 1060. The van der Waals surface area contributed by atoms with Crippen LogP contribution in [0.3, 0.4) is 0 Å². The monoisotopic (exact) mass is 529 g/mol. The van der Waals surface area contributed by atoms with Gasteiger partial charge in [-0.05, 0) is 83.2 Å². The van der Waals surface area contributed by atoms with E-state index in [0.717, 1.165) is 46.2 Å². The standard InChI is InChI=1S/C22H20Br2F3NO/c23-13-8-17-16-7-12(22(25,26)27)4-5-15(16)19(11-18(17)20(24)9-13)21(29)10-14-3-1-2-6-28-14/h4-5,7-9,11,14,21,28-29H,1-3,6,10H2. The molecule has 2 atom stereocenters. The zero-order valence-electron chi connectivity index (χ0n) is 15.5. The molecule has 29 heavy (non-hydrogen) atoms. The summed E-state index contributed by atoms with van der Waals surface area (Å²) in [5, 5.41) is 17.1. The predicted molar refractivity (Wildman–Crippen MR) is 117 cm³/mol. The average Bonchev–Trinajstić information content (AvgIpc) is 2.67. The minimum absolute atomic E-state index is 0.215. The number of alkyl halides is 3. The summed E-state index contributed by atoms with van der Waals surface area (Å²) in [6.45, 7) is 0.935. The summed E-state index contributed by atoms with van der Waals surface area (Å²) in [5.41, 5.74) is -0.0281. The predicted octanol–water partition coefficient (Wildman–Crippen LogP) is 7.10. The summed E-state index contributed by atoms with van der Waals surface area (Å²) in [6, 6.07) is 9.56. The Morgan fingerprint density at radius 1 is 1.00 bits per heavy atom. The van der Waals surface area contributed by atoms with Crippen LogP contribution in [-0.2, 0) is 6.18 Å². The maximum Gasteiger partial charge on any atom is 0.416 e. The Labute approximate surface area is 183 Å². The van der Waals surface area contributed by atoms with Crippen molar-refractivity contribution < 1.29 is 18.3 Å². The van der Waals surface area contributed by atoms with Crippen molar-refractivity contribution in [2.45, 2.75) is 44.0 Å². The van der Waals surface area contributed by atoms with E-state index in [1.807, 2.05) is 18.2 Å². The lowest BCUT2D eigenvalue weighted by Crippen LogP contribution is -2.35. The number of benzene rings is 3. The molecule has 0 spiro atoms. The summed E-state index contributed by atoms with van der Waals surface area (Å²) < 4.78 is 41.6. The molecule has 1 fully saturated rings. The summed E-state index contributed by atoms with van der Waals surface area (Å²) in [4.78, 5) is 0. The molecule has 0 saturated carbocycles. The van der Waals surface area contributed by atoms with Crippen LogP contribution in [0.4, 0.5) is 13.2 Å². The summed E-state index contributed by atoms with van der Waals surface area (Å²) in [5.74, 6) is 0. The van der Waals surface area contributed by atoms with E-state index in [-0.39, 0.29) is 6.04 Å². The number of halogens is 5. The first-order valence-electron chi connectivity index (χ1n) is 9.58. The molecule has 0 amide bonds. The van der Waals surface area contributed by atoms with Crippen LogP contribution in [0.15, 0.2) is 45.3 Å². The molecule has 1 aliphatic rings. The zero-order chi connectivity index (χ0) is 20.8. The van der Waals surface area contributed by atoms with Gasteiger partial charge in [0.05, 0.1) is 11.7 Å². The highest BCUT2D eigenvalue weighted by Gasteiger charge is 2.31. The van der Waals surface area contributed by atoms with E-state index >= 15 is 0 Å². The third-order valence-corrected chi connectivity index (χ3v) is 6.74. The molecule has 2 N–H and O–H groups in total. The second-order valence-corrected chi connectivity index (χ2v) is 9.37. The van der Waals surface area contributed by atoms with Gasteiger partial charge in [-0.25, -0.2) is 0 Å². The van der Waals surface area contributed by atoms with Crippen molar-refractivity contribution in [3.63, 3.8) is 0 Å². The zero-order valence-corrected chi connectivity index (χ0v) is 18.7. The first-order valence-corrected chi connectivity index (χ1v) is 11.2. The SMILES string of the molecule is OC(CC1CCCCN1)c1cc2c(Br)cc(Br)cc2c2cc(C(F)(F)F)ccc12. The van der Waals surface area contributed by atoms with Crippen LogP contribution in [0, 0.1) is 0 Å². The maximum absolute atomic E-state index is 13.4. The first-order chi connectivity index (χ1) is 13.7. The number of aliphatic hydroxyl groups is 1. The second-order valence-electron chi connectivity index (χ2n) is 7.60. The summed E-state index contributed by atoms with van der Waals surface area (Å²) in [7, 11) is 0. The van der Waals surface area contributed by atoms with Crippen molar-refractivity contribution in [2.75, 3.05) is 6.54 Å². The second kappa shape index (κ2) is 8.17. The van der Waals surface area contributed by atoms with E-state index in [1.54, 1.807) is 0 Å².